The van der Waals surface area contributed by atoms with Crippen LogP contribution in [0.4, 0.5) is 18.9 Å². The van der Waals surface area contributed by atoms with Gasteiger partial charge in [0, 0.05) is 24.5 Å². The summed E-state index contributed by atoms with van der Waals surface area (Å²) in [5, 5.41) is 1.94. The first-order valence-electron chi connectivity index (χ1n) is 9.34. The van der Waals surface area contributed by atoms with Gasteiger partial charge in [-0.15, -0.1) is 0 Å². The van der Waals surface area contributed by atoms with Gasteiger partial charge in [-0.25, -0.2) is 4.79 Å². The average Bonchev–Trinajstić information content (AvgIpc) is 3.11. The lowest BCUT2D eigenvalue weighted by Gasteiger charge is -2.16. The summed E-state index contributed by atoms with van der Waals surface area (Å²) in [6.07, 6.45) is -3.43. The van der Waals surface area contributed by atoms with Gasteiger partial charge in [0.05, 0.1) is 16.8 Å². The third-order valence-corrected chi connectivity index (χ3v) is 4.84. The van der Waals surface area contributed by atoms with Crippen molar-refractivity contribution < 1.29 is 32.3 Å². The zero-order valence-electron chi connectivity index (χ0n) is 16.2. The van der Waals surface area contributed by atoms with Crippen molar-refractivity contribution in [3.8, 4) is 0 Å². The van der Waals surface area contributed by atoms with E-state index >= 15 is 0 Å². The van der Waals surface area contributed by atoms with Crippen LogP contribution in [0.3, 0.4) is 0 Å². The molecule has 1 saturated heterocycles. The highest BCUT2D eigenvalue weighted by atomic mass is 35.5. The maximum Gasteiger partial charge on any atom is 0.418 e. The topological polar surface area (TPSA) is 75.7 Å². The summed E-state index contributed by atoms with van der Waals surface area (Å²) in [6.45, 7) is 0.239. The van der Waals surface area contributed by atoms with Gasteiger partial charge in [0.25, 0.3) is 5.91 Å². The molecule has 0 bridgehead atoms. The van der Waals surface area contributed by atoms with Crippen LogP contribution >= 0.6 is 11.6 Å². The Balaban J connectivity index is 1.59. The fourth-order valence-corrected chi connectivity index (χ4v) is 3.32. The summed E-state index contributed by atoms with van der Waals surface area (Å²) in [7, 11) is 0. The fraction of sp³-hybridized carbons (Fsp3) is 0.286. The van der Waals surface area contributed by atoms with Gasteiger partial charge < -0.3 is 15.0 Å². The van der Waals surface area contributed by atoms with Gasteiger partial charge in [0.15, 0.2) is 6.61 Å². The van der Waals surface area contributed by atoms with Crippen molar-refractivity contribution in [2.75, 3.05) is 18.5 Å². The Kier molecular flexibility index (Phi) is 6.84. The van der Waals surface area contributed by atoms with Crippen LogP contribution in [-0.4, -0.2) is 35.8 Å². The molecule has 0 aromatic heterocycles. The number of ether oxygens (including phenoxy) is 1. The lowest BCUT2D eigenvalue weighted by molar-refractivity contribution is -0.137. The third-order valence-electron chi connectivity index (χ3n) is 4.60. The Morgan fingerprint density at radius 2 is 1.94 bits per heavy atom. The average molecular weight is 455 g/mol. The standard InChI is InChI=1S/C21H18ClF3N2O4/c22-15-6-7-17(16(10-15)21(23,24)25)26-18(28)12-31-20(30)14-4-1-3-13(9-14)11-27-8-2-5-19(27)29/h1,3-4,6-7,9-10H,2,5,8,11-12H2,(H,26,28). The first-order valence-corrected chi connectivity index (χ1v) is 9.72. The second kappa shape index (κ2) is 9.38. The van der Waals surface area contributed by atoms with Crippen LogP contribution in [0.15, 0.2) is 42.5 Å². The van der Waals surface area contributed by atoms with Crippen molar-refractivity contribution >= 4 is 35.1 Å². The van der Waals surface area contributed by atoms with E-state index < -0.39 is 35.9 Å². The Labute approximate surface area is 180 Å². The van der Waals surface area contributed by atoms with Crippen molar-refractivity contribution in [3.63, 3.8) is 0 Å². The van der Waals surface area contributed by atoms with E-state index in [1.54, 1.807) is 23.1 Å². The predicted molar refractivity (Wildman–Crippen MR) is 106 cm³/mol. The molecule has 0 saturated carbocycles. The van der Waals surface area contributed by atoms with E-state index in [0.717, 1.165) is 18.1 Å². The third kappa shape index (κ3) is 5.97. The number of hydrogen-bond donors (Lipinski definition) is 1. The van der Waals surface area contributed by atoms with E-state index in [2.05, 4.69) is 5.32 Å². The largest absolute Gasteiger partial charge is 0.452 e. The molecule has 6 nitrogen and oxygen atoms in total. The van der Waals surface area contributed by atoms with E-state index in [1.807, 2.05) is 0 Å². The summed E-state index contributed by atoms with van der Waals surface area (Å²) >= 11 is 5.60. The van der Waals surface area contributed by atoms with Gasteiger partial charge in [0.2, 0.25) is 5.91 Å². The van der Waals surface area contributed by atoms with E-state index in [-0.39, 0.29) is 16.5 Å². The Hall–Kier alpha value is -3.07. The van der Waals surface area contributed by atoms with Crippen molar-refractivity contribution in [2.45, 2.75) is 25.6 Å². The lowest BCUT2D eigenvalue weighted by atomic mass is 10.1. The molecule has 0 unspecified atom stereocenters. The molecule has 0 spiro atoms. The molecule has 3 rings (SSSR count). The number of amides is 2. The minimum atomic E-state index is -4.72. The first kappa shape index (κ1) is 22.6. The maximum absolute atomic E-state index is 13.1. The zero-order valence-corrected chi connectivity index (χ0v) is 16.9. The van der Waals surface area contributed by atoms with E-state index in [1.165, 1.54) is 12.1 Å². The van der Waals surface area contributed by atoms with Crippen LogP contribution < -0.4 is 5.32 Å². The Morgan fingerprint density at radius 1 is 1.16 bits per heavy atom. The Morgan fingerprint density at radius 3 is 2.61 bits per heavy atom. The minimum absolute atomic E-state index is 0.0464. The highest BCUT2D eigenvalue weighted by molar-refractivity contribution is 6.30. The molecule has 0 radical (unpaired) electrons. The normalized spacial score (nSPS) is 13.9. The number of benzene rings is 2. The van der Waals surface area contributed by atoms with E-state index in [9.17, 15) is 27.6 Å². The summed E-state index contributed by atoms with van der Waals surface area (Å²) in [6, 6.07) is 9.33. The number of anilines is 1. The molecule has 2 amide bonds. The quantitative estimate of drug-likeness (QED) is 0.661. The summed E-state index contributed by atoms with van der Waals surface area (Å²) in [5.74, 6) is -1.69. The van der Waals surface area contributed by atoms with Gasteiger partial charge in [-0.1, -0.05) is 23.7 Å². The highest BCUT2D eigenvalue weighted by Crippen LogP contribution is 2.36. The number of esters is 1. The molecule has 31 heavy (non-hydrogen) atoms. The van der Waals surface area contributed by atoms with Crippen LogP contribution in [0, 0.1) is 0 Å². The molecule has 1 fully saturated rings. The fourth-order valence-electron chi connectivity index (χ4n) is 3.15. The van der Waals surface area contributed by atoms with Gasteiger partial charge in [-0.2, -0.15) is 13.2 Å². The van der Waals surface area contributed by atoms with Crippen molar-refractivity contribution in [1.29, 1.82) is 0 Å². The van der Waals surface area contributed by atoms with Crippen molar-refractivity contribution in [3.05, 3.63) is 64.2 Å². The number of nitrogens with one attached hydrogen (secondary N) is 1. The number of carbonyl (C=O) groups excluding carboxylic acids is 3. The number of rotatable bonds is 6. The molecule has 1 aliphatic heterocycles. The molecule has 1 N–H and O–H groups in total. The minimum Gasteiger partial charge on any atom is -0.452 e. The smallest absolute Gasteiger partial charge is 0.418 e. The van der Waals surface area contributed by atoms with Crippen molar-refractivity contribution in [1.82, 2.24) is 4.90 Å². The molecule has 1 heterocycles. The molecule has 0 aliphatic carbocycles. The Bertz CT molecular complexity index is 1010. The number of halogens is 4. The summed E-state index contributed by atoms with van der Waals surface area (Å²) in [4.78, 5) is 37.7. The van der Waals surface area contributed by atoms with Gasteiger partial charge in [-0.05, 0) is 42.3 Å². The number of hydrogen-bond acceptors (Lipinski definition) is 4. The zero-order chi connectivity index (χ0) is 22.6. The van der Waals surface area contributed by atoms with E-state index in [4.69, 9.17) is 16.3 Å². The summed E-state index contributed by atoms with van der Waals surface area (Å²) in [5.41, 5.74) is -0.705. The molecule has 1 aliphatic rings. The SMILES string of the molecule is O=C(COC(=O)c1cccc(CN2CCCC2=O)c1)Nc1ccc(Cl)cc1C(F)(F)F. The second-order valence-electron chi connectivity index (χ2n) is 6.93. The molecule has 164 valence electrons. The molecule has 2 aromatic carbocycles. The van der Waals surface area contributed by atoms with E-state index in [0.29, 0.717) is 25.6 Å². The molecule has 2 aromatic rings. The van der Waals surface area contributed by atoms with Gasteiger partial charge in [-0.3, -0.25) is 9.59 Å². The number of alkyl halides is 3. The molecule has 10 heteroatoms. The second-order valence-corrected chi connectivity index (χ2v) is 7.37. The lowest BCUT2D eigenvalue weighted by Crippen LogP contribution is -2.24. The van der Waals surface area contributed by atoms with Crippen molar-refractivity contribution in [2.24, 2.45) is 0 Å². The number of nitrogens with zero attached hydrogens (tertiary/aromatic N) is 1. The monoisotopic (exact) mass is 454 g/mol. The van der Waals surface area contributed by atoms with Crippen LogP contribution in [0.25, 0.3) is 0 Å². The first-order chi connectivity index (χ1) is 14.6. The predicted octanol–water partition coefficient (Wildman–Crippen LogP) is 4.28. The maximum atomic E-state index is 13.1. The van der Waals surface area contributed by atoms with Crippen LogP contribution in [0.2, 0.25) is 5.02 Å². The van der Waals surface area contributed by atoms with Crippen LogP contribution in [0.5, 0.6) is 0 Å². The molecule has 0 atom stereocenters. The number of likely N-dealkylation sites (tertiary alicyclic amines) is 1. The highest BCUT2D eigenvalue weighted by Gasteiger charge is 2.34. The molecular formula is C21H18ClF3N2O4. The van der Waals surface area contributed by atoms with Gasteiger partial charge in [0.1, 0.15) is 0 Å². The van der Waals surface area contributed by atoms with Gasteiger partial charge >= 0.3 is 12.1 Å². The summed E-state index contributed by atoms with van der Waals surface area (Å²) < 4.78 is 44.2. The van der Waals surface area contributed by atoms with Crippen LogP contribution in [-0.2, 0) is 27.0 Å². The number of carbonyl (C=O) groups is 3. The van der Waals surface area contributed by atoms with Crippen LogP contribution in [0.1, 0.15) is 34.3 Å². The molecular weight excluding hydrogens is 437 g/mol.